The van der Waals surface area contributed by atoms with Gasteiger partial charge < -0.3 is 15.1 Å². The predicted molar refractivity (Wildman–Crippen MR) is 85.2 cm³/mol. The number of hydrogen-bond acceptors (Lipinski definition) is 4. The molecule has 20 heavy (non-hydrogen) atoms. The van der Waals surface area contributed by atoms with Gasteiger partial charge in [0.05, 0.1) is 0 Å². The third-order valence-corrected chi connectivity index (χ3v) is 3.69. The van der Waals surface area contributed by atoms with Crippen molar-refractivity contribution in [3.63, 3.8) is 0 Å². The van der Waals surface area contributed by atoms with Crippen molar-refractivity contribution < 1.29 is 0 Å². The van der Waals surface area contributed by atoms with E-state index in [4.69, 9.17) is 0 Å². The third-order valence-electron chi connectivity index (χ3n) is 3.69. The Hall–Kier alpha value is -1.13. The maximum absolute atomic E-state index is 4.30. The first-order valence-electron chi connectivity index (χ1n) is 7.76. The quantitative estimate of drug-likeness (QED) is 0.748. The summed E-state index contributed by atoms with van der Waals surface area (Å²) in [5, 5.41) is 3.60. The third kappa shape index (κ3) is 4.76. The minimum atomic E-state index is 0.740. The molecule has 0 spiro atoms. The molecule has 1 saturated carbocycles. The highest BCUT2D eigenvalue weighted by Gasteiger charge is 2.21. The fourth-order valence-electron chi connectivity index (χ4n) is 2.35. The Balaban J connectivity index is 2.04. The summed E-state index contributed by atoms with van der Waals surface area (Å²) in [7, 11) is 4.26. The van der Waals surface area contributed by atoms with Crippen LogP contribution in [0, 0.1) is 0 Å². The molecule has 0 unspecified atom stereocenters. The largest absolute Gasteiger partial charge is 0.370 e. The molecule has 0 radical (unpaired) electrons. The number of hydrogen-bond donors (Lipinski definition) is 1. The lowest BCUT2D eigenvalue weighted by Crippen LogP contribution is -2.33. The van der Waals surface area contributed by atoms with Gasteiger partial charge in [0.25, 0.3) is 0 Å². The van der Waals surface area contributed by atoms with Gasteiger partial charge >= 0.3 is 0 Å². The highest BCUT2D eigenvalue weighted by atomic mass is 15.2. The molecule has 2 rings (SSSR count). The summed E-state index contributed by atoms with van der Waals surface area (Å²) in [6, 6.07) is 2.90. The lowest BCUT2D eigenvalue weighted by Gasteiger charge is -2.28. The van der Waals surface area contributed by atoms with E-state index in [0.29, 0.717) is 0 Å². The Kier molecular flexibility index (Phi) is 5.80. The van der Waals surface area contributed by atoms with Crippen LogP contribution in [0.4, 0.5) is 5.69 Å². The molecule has 0 amide bonds. The maximum atomic E-state index is 4.30. The van der Waals surface area contributed by atoms with Crippen molar-refractivity contribution in [2.45, 2.75) is 38.8 Å². The Morgan fingerprint density at radius 1 is 1.25 bits per heavy atom. The molecule has 1 N–H and O–H groups in total. The van der Waals surface area contributed by atoms with E-state index in [1.165, 1.54) is 30.5 Å². The normalized spacial score (nSPS) is 14.8. The van der Waals surface area contributed by atoms with Crippen molar-refractivity contribution >= 4 is 5.69 Å². The lowest BCUT2D eigenvalue weighted by atomic mass is 10.2. The van der Waals surface area contributed by atoms with Gasteiger partial charge in [-0.25, -0.2) is 0 Å². The van der Waals surface area contributed by atoms with Crippen LogP contribution in [0.5, 0.6) is 0 Å². The number of aromatic nitrogens is 1. The van der Waals surface area contributed by atoms with Crippen LogP contribution in [0.2, 0.25) is 0 Å². The second kappa shape index (κ2) is 7.60. The molecule has 4 nitrogen and oxygen atoms in total. The fourth-order valence-corrected chi connectivity index (χ4v) is 2.35. The Morgan fingerprint density at radius 2 is 2.05 bits per heavy atom. The van der Waals surface area contributed by atoms with Crippen LogP contribution in [0.15, 0.2) is 18.5 Å². The van der Waals surface area contributed by atoms with Crippen LogP contribution in [-0.2, 0) is 6.54 Å². The van der Waals surface area contributed by atoms with Crippen LogP contribution in [0.25, 0.3) is 0 Å². The second-order valence-corrected chi connectivity index (χ2v) is 5.95. The van der Waals surface area contributed by atoms with Crippen LogP contribution in [0.1, 0.15) is 31.7 Å². The molecule has 1 aromatic heterocycles. The molecular weight excluding hydrogens is 248 g/mol. The fraction of sp³-hybridized carbons (Fsp3) is 0.688. The van der Waals surface area contributed by atoms with Crippen molar-refractivity contribution in [1.29, 1.82) is 0 Å². The van der Waals surface area contributed by atoms with Crippen LogP contribution in [-0.4, -0.2) is 49.7 Å². The van der Waals surface area contributed by atoms with E-state index in [2.05, 4.69) is 47.2 Å². The number of likely N-dealkylation sites (N-methyl/N-ethyl adjacent to an activating group) is 1. The van der Waals surface area contributed by atoms with Crippen molar-refractivity contribution in [2.75, 3.05) is 38.6 Å². The second-order valence-electron chi connectivity index (χ2n) is 5.95. The summed E-state index contributed by atoms with van der Waals surface area (Å²) in [6.07, 6.45) is 7.76. The molecule has 1 aliphatic carbocycles. The number of anilines is 1. The average molecular weight is 276 g/mol. The molecular formula is C16H28N4. The zero-order chi connectivity index (χ0) is 14.4. The Morgan fingerprint density at radius 3 is 2.70 bits per heavy atom. The first kappa shape index (κ1) is 15.3. The minimum Gasteiger partial charge on any atom is -0.370 e. The number of pyridine rings is 1. The van der Waals surface area contributed by atoms with E-state index in [0.717, 1.165) is 32.2 Å². The molecule has 1 fully saturated rings. The molecule has 1 aromatic rings. The molecule has 4 heteroatoms. The van der Waals surface area contributed by atoms with E-state index < -0.39 is 0 Å². The van der Waals surface area contributed by atoms with E-state index in [-0.39, 0.29) is 0 Å². The summed E-state index contributed by atoms with van der Waals surface area (Å²) >= 11 is 0. The Labute approximate surface area is 123 Å². The van der Waals surface area contributed by atoms with Gasteiger partial charge in [0.15, 0.2) is 0 Å². The van der Waals surface area contributed by atoms with Crippen molar-refractivity contribution in [3.05, 3.63) is 24.0 Å². The SMILES string of the molecule is CCCN(CCN(C)C)c1ccncc1CNC1CC1. The molecule has 1 heterocycles. The van der Waals surface area contributed by atoms with Crippen LogP contribution in [0.3, 0.4) is 0 Å². The monoisotopic (exact) mass is 276 g/mol. The summed E-state index contributed by atoms with van der Waals surface area (Å²) < 4.78 is 0. The molecule has 0 atom stereocenters. The summed E-state index contributed by atoms with van der Waals surface area (Å²) in [4.78, 5) is 9.04. The molecule has 112 valence electrons. The van der Waals surface area contributed by atoms with Crippen molar-refractivity contribution in [3.8, 4) is 0 Å². The van der Waals surface area contributed by atoms with Gasteiger partial charge in [-0.2, -0.15) is 0 Å². The van der Waals surface area contributed by atoms with Crippen molar-refractivity contribution in [1.82, 2.24) is 15.2 Å². The topological polar surface area (TPSA) is 31.4 Å². The van der Waals surface area contributed by atoms with E-state index in [1.807, 2.05) is 12.4 Å². The number of nitrogens with one attached hydrogen (secondary N) is 1. The van der Waals surface area contributed by atoms with Gasteiger partial charge in [0.2, 0.25) is 0 Å². The minimum absolute atomic E-state index is 0.740. The van der Waals surface area contributed by atoms with E-state index in [9.17, 15) is 0 Å². The van der Waals surface area contributed by atoms with Gasteiger partial charge in [-0.15, -0.1) is 0 Å². The summed E-state index contributed by atoms with van der Waals surface area (Å²) in [5.74, 6) is 0. The van der Waals surface area contributed by atoms with Gasteiger partial charge in [0, 0.05) is 55.9 Å². The number of rotatable bonds is 9. The standard InChI is InChI=1S/C16H28N4/c1-4-9-20(11-10-19(2)3)16-7-8-17-12-14(16)13-18-15-5-6-15/h7-8,12,15,18H,4-6,9-11,13H2,1-3H3. The summed E-state index contributed by atoms with van der Waals surface area (Å²) in [5.41, 5.74) is 2.67. The smallest absolute Gasteiger partial charge is 0.0443 e. The zero-order valence-corrected chi connectivity index (χ0v) is 13.1. The van der Waals surface area contributed by atoms with E-state index in [1.54, 1.807) is 0 Å². The van der Waals surface area contributed by atoms with Gasteiger partial charge in [-0.3, -0.25) is 4.98 Å². The van der Waals surface area contributed by atoms with Gasteiger partial charge in [-0.05, 0) is 39.4 Å². The summed E-state index contributed by atoms with van der Waals surface area (Å²) in [6.45, 7) is 6.44. The van der Waals surface area contributed by atoms with E-state index >= 15 is 0 Å². The zero-order valence-electron chi connectivity index (χ0n) is 13.1. The molecule has 0 aliphatic heterocycles. The van der Waals surface area contributed by atoms with Crippen molar-refractivity contribution in [2.24, 2.45) is 0 Å². The van der Waals surface area contributed by atoms with Crippen LogP contribution < -0.4 is 10.2 Å². The van der Waals surface area contributed by atoms with Crippen LogP contribution >= 0.6 is 0 Å². The first-order valence-corrected chi connectivity index (χ1v) is 7.76. The maximum Gasteiger partial charge on any atom is 0.0443 e. The molecule has 0 saturated heterocycles. The highest BCUT2D eigenvalue weighted by molar-refractivity contribution is 5.52. The molecule has 0 bridgehead atoms. The van der Waals surface area contributed by atoms with Gasteiger partial charge in [-0.1, -0.05) is 6.92 Å². The lowest BCUT2D eigenvalue weighted by molar-refractivity contribution is 0.412. The van der Waals surface area contributed by atoms with Gasteiger partial charge in [0.1, 0.15) is 0 Å². The highest BCUT2D eigenvalue weighted by Crippen LogP contribution is 2.23. The first-order chi connectivity index (χ1) is 9.70. The predicted octanol–water partition coefficient (Wildman–Crippen LogP) is 2.11. The molecule has 0 aromatic carbocycles. The number of nitrogens with zero attached hydrogens (tertiary/aromatic N) is 3. The molecule has 1 aliphatic rings. The average Bonchev–Trinajstić information content (AvgIpc) is 3.25. The Bertz CT molecular complexity index is 401.